The van der Waals surface area contributed by atoms with Crippen molar-refractivity contribution in [3.8, 4) is 0 Å². The predicted molar refractivity (Wildman–Crippen MR) is 79.7 cm³/mol. The minimum absolute atomic E-state index is 0.325. The molecule has 0 fully saturated rings. The van der Waals surface area contributed by atoms with E-state index in [2.05, 4.69) is 10.3 Å². The molecule has 21 heavy (non-hydrogen) atoms. The first-order valence-corrected chi connectivity index (χ1v) is 7.80. The zero-order chi connectivity index (χ0) is 15.6. The number of esters is 1. The maximum Gasteiger partial charge on any atom is 0.328 e. The van der Waals surface area contributed by atoms with Gasteiger partial charge >= 0.3 is 11.9 Å². The summed E-state index contributed by atoms with van der Waals surface area (Å²) in [6, 6.07) is -0.454. The molecule has 0 bridgehead atoms. The van der Waals surface area contributed by atoms with E-state index in [1.54, 1.807) is 0 Å². The topological polar surface area (TPSA) is 88.5 Å². The second-order valence-electron chi connectivity index (χ2n) is 5.61. The molecule has 0 spiro atoms. The molecule has 1 aliphatic carbocycles. The van der Waals surface area contributed by atoms with Crippen LogP contribution in [0.3, 0.4) is 0 Å². The summed E-state index contributed by atoms with van der Waals surface area (Å²) in [7, 11) is 1.36. The van der Waals surface area contributed by atoms with Crippen LogP contribution in [0.15, 0.2) is 0 Å². The van der Waals surface area contributed by atoms with E-state index in [0.29, 0.717) is 29.6 Å². The summed E-state index contributed by atoms with van der Waals surface area (Å²) in [5, 5.41) is 12.9. The van der Waals surface area contributed by atoms with Crippen LogP contribution in [0.5, 0.6) is 0 Å². The average molecular weight is 312 g/mol. The largest absolute Gasteiger partial charge is 0.481 e. The second-order valence-corrected chi connectivity index (χ2v) is 6.69. The van der Waals surface area contributed by atoms with E-state index in [-0.39, 0.29) is 5.97 Å². The molecule has 2 rings (SSSR count). The van der Waals surface area contributed by atoms with Gasteiger partial charge in [-0.1, -0.05) is 13.8 Å². The van der Waals surface area contributed by atoms with Crippen molar-refractivity contribution in [3.05, 3.63) is 10.6 Å². The number of hydrogen-bond acceptors (Lipinski definition) is 6. The van der Waals surface area contributed by atoms with Gasteiger partial charge in [0.05, 0.1) is 12.8 Å². The number of methoxy groups -OCH3 is 1. The number of carbonyl (C=O) groups excluding carboxylic acids is 1. The molecule has 0 amide bonds. The van der Waals surface area contributed by atoms with Crippen LogP contribution < -0.4 is 5.32 Å². The Labute approximate surface area is 127 Å². The monoisotopic (exact) mass is 312 g/mol. The van der Waals surface area contributed by atoms with E-state index in [0.717, 1.165) is 11.3 Å². The van der Waals surface area contributed by atoms with Crippen LogP contribution in [0.4, 0.5) is 5.13 Å². The van der Waals surface area contributed by atoms with Crippen LogP contribution in [-0.4, -0.2) is 35.2 Å². The summed E-state index contributed by atoms with van der Waals surface area (Å²) >= 11 is 1.43. The van der Waals surface area contributed by atoms with Gasteiger partial charge in [0.25, 0.3) is 0 Å². The Kier molecular flexibility index (Phi) is 4.82. The van der Waals surface area contributed by atoms with Gasteiger partial charge in [-0.2, -0.15) is 0 Å². The number of ether oxygens (including phenoxy) is 1. The van der Waals surface area contributed by atoms with Crippen LogP contribution in [0.25, 0.3) is 0 Å². The average Bonchev–Trinajstić information content (AvgIpc) is 2.95. The number of thiazole rings is 1. The first kappa shape index (κ1) is 15.8. The molecule has 0 saturated carbocycles. The lowest BCUT2D eigenvalue weighted by Gasteiger charge is -2.17. The third-order valence-electron chi connectivity index (χ3n) is 3.51. The van der Waals surface area contributed by atoms with Crippen molar-refractivity contribution < 1.29 is 19.4 Å². The number of anilines is 1. The van der Waals surface area contributed by atoms with Gasteiger partial charge in [-0.25, -0.2) is 9.78 Å². The number of nitrogens with zero attached hydrogens (tertiary/aromatic N) is 1. The molecule has 6 nitrogen and oxygen atoms in total. The van der Waals surface area contributed by atoms with E-state index in [4.69, 9.17) is 9.84 Å². The van der Waals surface area contributed by atoms with E-state index in [1.165, 1.54) is 18.4 Å². The number of carboxylic acids is 1. The highest BCUT2D eigenvalue weighted by Gasteiger charge is 2.33. The Morgan fingerprint density at radius 3 is 2.81 bits per heavy atom. The van der Waals surface area contributed by atoms with Gasteiger partial charge in [0.1, 0.15) is 12.0 Å². The summed E-state index contributed by atoms with van der Waals surface area (Å²) in [4.78, 5) is 28.3. The summed E-state index contributed by atoms with van der Waals surface area (Å²) in [5.74, 6) is -1.35. The molecule has 2 atom stereocenters. The molecule has 2 unspecified atom stereocenters. The Morgan fingerprint density at radius 1 is 1.52 bits per heavy atom. The molecule has 1 aromatic rings. The first-order valence-electron chi connectivity index (χ1n) is 6.99. The number of aromatic nitrogens is 1. The lowest BCUT2D eigenvalue weighted by molar-refractivity contribution is -0.142. The molecule has 0 aromatic carbocycles. The highest BCUT2D eigenvalue weighted by molar-refractivity contribution is 7.15. The minimum Gasteiger partial charge on any atom is -0.481 e. The summed E-state index contributed by atoms with van der Waals surface area (Å²) in [6.07, 6.45) is 1.98. The number of aliphatic carboxylic acids is 1. The Morgan fingerprint density at radius 2 is 2.24 bits per heavy atom. The number of aryl methyl sites for hydroxylation is 1. The lowest BCUT2D eigenvalue weighted by atomic mass is 10.0. The Bertz CT molecular complexity index is 541. The molecule has 1 aliphatic rings. The normalized spacial score (nSPS) is 18.4. The quantitative estimate of drug-likeness (QED) is 0.783. The van der Waals surface area contributed by atoms with Crippen molar-refractivity contribution in [2.24, 2.45) is 5.92 Å². The fraction of sp³-hybridized carbons (Fsp3) is 0.643. The van der Waals surface area contributed by atoms with Crippen LogP contribution in [0, 0.1) is 5.92 Å². The van der Waals surface area contributed by atoms with E-state index in [9.17, 15) is 9.59 Å². The summed E-state index contributed by atoms with van der Waals surface area (Å²) in [6.45, 7) is 4.06. The molecule has 116 valence electrons. The van der Waals surface area contributed by atoms with Gasteiger partial charge in [-0.15, -0.1) is 11.3 Å². The molecular weight excluding hydrogens is 292 g/mol. The standard InChI is InChI=1S/C14H20N2O4S/c1-7(2)6-9(13(19)20-3)15-14-16-11-8(12(17)18)4-5-10(11)21-14/h7-9H,4-6H2,1-3H3,(H,15,16)(H,17,18). The molecule has 1 heterocycles. The van der Waals surface area contributed by atoms with Crippen molar-refractivity contribution in [2.45, 2.75) is 45.1 Å². The van der Waals surface area contributed by atoms with Gasteiger partial charge < -0.3 is 15.2 Å². The van der Waals surface area contributed by atoms with Gasteiger partial charge in [0, 0.05) is 4.88 Å². The molecule has 2 N–H and O–H groups in total. The Balaban J connectivity index is 2.14. The zero-order valence-electron chi connectivity index (χ0n) is 12.4. The molecule has 0 saturated heterocycles. The van der Waals surface area contributed by atoms with Gasteiger partial charge in [0.2, 0.25) is 0 Å². The molecule has 1 aromatic heterocycles. The number of fused-ring (bicyclic) bond motifs is 1. The third kappa shape index (κ3) is 3.53. The maximum atomic E-state index is 11.8. The predicted octanol–water partition coefficient (Wildman–Crippen LogP) is 2.26. The lowest BCUT2D eigenvalue weighted by Crippen LogP contribution is -2.32. The number of carboxylic acid groups (broad SMARTS) is 1. The molecule has 7 heteroatoms. The molecular formula is C14H20N2O4S. The van der Waals surface area contributed by atoms with Crippen molar-refractivity contribution in [3.63, 3.8) is 0 Å². The first-order chi connectivity index (χ1) is 9.92. The minimum atomic E-state index is -0.836. The second kappa shape index (κ2) is 6.43. The van der Waals surface area contributed by atoms with Gasteiger partial charge in [-0.05, 0) is 25.2 Å². The Hall–Kier alpha value is -1.63. The highest BCUT2D eigenvalue weighted by Crippen LogP contribution is 2.38. The van der Waals surface area contributed by atoms with E-state index >= 15 is 0 Å². The van der Waals surface area contributed by atoms with Crippen molar-refractivity contribution in [1.82, 2.24) is 4.98 Å². The van der Waals surface area contributed by atoms with Crippen molar-refractivity contribution in [1.29, 1.82) is 0 Å². The smallest absolute Gasteiger partial charge is 0.328 e. The maximum absolute atomic E-state index is 11.8. The summed E-state index contributed by atoms with van der Waals surface area (Å²) in [5.41, 5.74) is 0.642. The van der Waals surface area contributed by atoms with E-state index in [1.807, 2.05) is 13.8 Å². The zero-order valence-corrected chi connectivity index (χ0v) is 13.2. The fourth-order valence-electron chi connectivity index (χ4n) is 2.51. The molecule has 0 radical (unpaired) electrons. The number of rotatable bonds is 6. The fourth-order valence-corrected chi connectivity index (χ4v) is 3.60. The van der Waals surface area contributed by atoms with Crippen LogP contribution in [-0.2, 0) is 20.7 Å². The van der Waals surface area contributed by atoms with Gasteiger partial charge in [-0.3, -0.25) is 4.79 Å². The SMILES string of the molecule is COC(=O)C(CC(C)C)Nc1nc2c(s1)CCC2C(=O)O. The molecule has 0 aliphatic heterocycles. The summed E-state index contributed by atoms with van der Waals surface area (Å²) < 4.78 is 4.80. The van der Waals surface area contributed by atoms with Crippen LogP contribution in [0.1, 0.15) is 43.2 Å². The van der Waals surface area contributed by atoms with Crippen molar-refractivity contribution >= 4 is 28.4 Å². The number of carbonyl (C=O) groups is 2. The van der Waals surface area contributed by atoms with Gasteiger partial charge in [0.15, 0.2) is 5.13 Å². The van der Waals surface area contributed by atoms with Crippen LogP contribution >= 0.6 is 11.3 Å². The number of nitrogens with one attached hydrogen (secondary N) is 1. The van der Waals surface area contributed by atoms with E-state index < -0.39 is 17.9 Å². The third-order valence-corrected chi connectivity index (χ3v) is 4.57. The highest BCUT2D eigenvalue weighted by atomic mass is 32.1. The number of hydrogen-bond donors (Lipinski definition) is 2. The van der Waals surface area contributed by atoms with Crippen molar-refractivity contribution in [2.75, 3.05) is 12.4 Å². The van der Waals surface area contributed by atoms with Crippen LogP contribution in [0.2, 0.25) is 0 Å².